The largest absolute Gasteiger partial charge is 0.399 e. The van der Waals surface area contributed by atoms with Gasteiger partial charge in [-0.2, -0.15) is 0 Å². The van der Waals surface area contributed by atoms with Crippen LogP contribution < -0.4 is 21.7 Å². The Kier molecular flexibility index (Phi) is 10.0. The summed E-state index contributed by atoms with van der Waals surface area (Å²) in [5, 5.41) is 9.16. The van der Waals surface area contributed by atoms with Gasteiger partial charge in [0.2, 0.25) is 0 Å². The molecule has 0 saturated heterocycles. The van der Waals surface area contributed by atoms with E-state index in [1.54, 1.807) is 13.2 Å². The summed E-state index contributed by atoms with van der Waals surface area (Å²) in [6.45, 7) is 13.8. The van der Waals surface area contributed by atoms with Crippen LogP contribution in [0.15, 0.2) is 95.2 Å². The fraction of sp³-hybridized carbons (Fsp3) is 0.235. The van der Waals surface area contributed by atoms with Gasteiger partial charge in [0.25, 0.3) is 5.91 Å². The van der Waals surface area contributed by atoms with Crippen LogP contribution in [-0.2, 0) is 11.3 Å². The summed E-state index contributed by atoms with van der Waals surface area (Å²) in [5.41, 5.74) is 12.1. The van der Waals surface area contributed by atoms with Crippen molar-refractivity contribution in [2.75, 3.05) is 12.4 Å². The molecule has 4 rings (SSSR count). The highest BCUT2D eigenvalue weighted by Crippen LogP contribution is 2.26. The fourth-order valence-electron chi connectivity index (χ4n) is 4.77. The Labute approximate surface area is 256 Å². The van der Waals surface area contributed by atoms with E-state index in [0.717, 1.165) is 52.1 Å². The second-order valence-electron chi connectivity index (χ2n) is 10.5. The summed E-state index contributed by atoms with van der Waals surface area (Å²) >= 11 is 0. The van der Waals surface area contributed by atoms with Crippen molar-refractivity contribution in [1.82, 2.24) is 15.6 Å². The normalized spacial score (nSPS) is 17.3. The maximum atomic E-state index is 13.9. The average Bonchev–Trinajstić information content (AvgIpc) is 3.03. The maximum Gasteiger partial charge on any atom is 0.274 e. The number of amidine groups is 1. The van der Waals surface area contributed by atoms with Crippen LogP contribution in [-0.4, -0.2) is 35.5 Å². The van der Waals surface area contributed by atoms with Gasteiger partial charge in [-0.15, -0.1) is 6.58 Å². The number of carbonyl (C=O) groups excluding carboxylic acids is 1. The van der Waals surface area contributed by atoms with E-state index in [1.807, 2.05) is 51.1 Å². The van der Waals surface area contributed by atoms with Crippen LogP contribution in [0.1, 0.15) is 49.9 Å². The number of aliphatic imine (C=N–C) groups is 2. The molecule has 1 aromatic heterocycles. The molecule has 1 amide bonds. The summed E-state index contributed by atoms with van der Waals surface area (Å²) in [4.78, 5) is 27.5. The molecule has 2 heterocycles. The van der Waals surface area contributed by atoms with Gasteiger partial charge in [-0.25, -0.2) is 18.8 Å². The van der Waals surface area contributed by atoms with E-state index >= 15 is 0 Å². The number of anilines is 1. The molecule has 3 aromatic rings. The van der Waals surface area contributed by atoms with Crippen LogP contribution in [0.4, 0.5) is 14.6 Å². The number of rotatable bonds is 10. The predicted octanol–water partition coefficient (Wildman–Crippen LogP) is 6.06. The van der Waals surface area contributed by atoms with Crippen molar-refractivity contribution in [2.45, 2.75) is 45.8 Å². The second-order valence-corrected chi connectivity index (χ2v) is 10.5. The molecular weight excluding hydrogens is 560 g/mol. The Bertz CT molecular complexity index is 1680. The third-order valence-corrected chi connectivity index (χ3v) is 7.41. The van der Waals surface area contributed by atoms with Crippen molar-refractivity contribution in [3.8, 4) is 11.1 Å². The Morgan fingerprint density at radius 3 is 2.50 bits per heavy atom. The van der Waals surface area contributed by atoms with E-state index in [2.05, 4.69) is 34.1 Å². The van der Waals surface area contributed by atoms with Gasteiger partial charge in [0.05, 0.1) is 24.3 Å². The Morgan fingerprint density at radius 2 is 1.89 bits per heavy atom. The highest BCUT2D eigenvalue weighted by molar-refractivity contribution is 6.67. The maximum absolute atomic E-state index is 13.9. The topological polar surface area (TPSA) is 117 Å². The van der Waals surface area contributed by atoms with E-state index < -0.39 is 23.6 Å². The minimum absolute atomic E-state index is 0.0993. The van der Waals surface area contributed by atoms with Crippen molar-refractivity contribution in [2.24, 2.45) is 15.7 Å². The number of carbonyl (C=O) groups is 1. The summed E-state index contributed by atoms with van der Waals surface area (Å²) in [5.74, 6) is -1.52. The fourth-order valence-corrected chi connectivity index (χ4v) is 4.77. The van der Waals surface area contributed by atoms with Crippen LogP contribution in [0.3, 0.4) is 0 Å². The number of benzene rings is 2. The lowest BCUT2D eigenvalue weighted by molar-refractivity contribution is -0.115. The molecule has 0 fully saturated rings. The molecule has 0 radical (unpaired) electrons. The molecule has 2 aromatic carbocycles. The first kappa shape index (κ1) is 31.8. The zero-order valence-electron chi connectivity index (χ0n) is 25.3. The van der Waals surface area contributed by atoms with E-state index in [4.69, 9.17) is 15.7 Å². The molecule has 5 N–H and O–H groups in total. The summed E-state index contributed by atoms with van der Waals surface area (Å²) < 4.78 is 27.4. The first-order valence-corrected chi connectivity index (χ1v) is 14.3. The van der Waals surface area contributed by atoms with Gasteiger partial charge in [0.15, 0.2) is 23.2 Å². The van der Waals surface area contributed by atoms with Crippen LogP contribution in [0.2, 0.25) is 0 Å². The Morgan fingerprint density at radius 1 is 1.16 bits per heavy atom. The number of pyridine rings is 1. The van der Waals surface area contributed by atoms with Gasteiger partial charge in [0.1, 0.15) is 5.82 Å². The Balaban J connectivity index is 1.61. The number of allylic oxidation sites excluding steroid dienone is 1. The number of nitrogens with one attached hydrogen (secondary N) is 3. The third kappa shape index (κ3) is 7.08. The average molecular weight is 598 g/mol. The SMILES string of the molecule is C=C[C@H](NC(=O)C1=N/C(=C(/C)CC)C(C)NC1=NCc1ccc(-c2cnc(NC)c(C(=C)N)c2)cc1)c1ccc(F)c(F)c1. The summed E-state index contributed by atoms with van der Waals surface area (Å²) in [6, 6.07) is 12.3. The molecule has 2 atom stereocenters. The van der Waals surface area contributed by atoms with Crippen LogP contribution in [0.5, 0.6) is 0 Å². The van der Waals surface area contributed by atoms with Crippen molar-refractivity contribution in [3.63, 3.8) is 0 Å². The molecule has 1 aliphatic rings. The number of nitrogens with two attached hydrogens (primary N) is 1. The zero-order chi connectivity index (χ0) is 32.0. The Hall–Kier alpha value is -5.12. The minimum atomic E-state index is -1.01. The van der Waals surface area contributed by atoms with Gasteiger partial charge in [-0.1, -0.05) is 49.9 Å². The van der Waals surface area contributed by atoms with E-state index in [0.29, 0.717) is 22.9 Å². The van der Waals surface area contributed by atoms with Gasteiger partial charge in [0, 0.05) is 30.1 Å². The van der Waals surface area contributed by atoms with Crippen LogP contribution >= 0.6 is 0 Å². The first-order valence-electron chi connectivity index (χ1n) is 14.3. The van der Waals surface area contributed by atoms with Gasteiger partial charge in [-0.3, -0.25) is 9.79 Å². The molecule has 228 valence electrons. The quantitative estimate of drug-likeness (QED) is 0.212. The number of halogens is 2. The van der Waals surface area contributed by atoms with Gasteiger partial charge >= 0.3 is 0 Å². The third-order valence-electron chi connectivity index (χ3n) is 7.41. The smallest absolute Gasteiger partial charge is 0.274 e. The lowest BCUT2D eigenvalue weighted by atomic mass is 10.0. The summed E-state index contributed by atoms with van der Waals surface area (Å²) in [6.07, 6.45) is 3.98. The molecule has 0 saturated carbocycles. The van der Waals surface area contributed by atoms with E-state index in [-0.39, 0.29) is 18.3 Å². The van der Waals surface area contributed by atoms with Crippen molar-refractivity contribution < 1.29 is 13.6 Å². The van der Waals surface area contributed by atoms with E-state index in [1.165, 1.54) is 12.1 Å². The summed E-state index contributed by atoms with van der Waals surface area (Å²) in [7, 11) is 1.78. The molecule has 0 spiro atoms. The molecule has 0 aliphatic carbocycles. The number of nitrogens with zero attached hydrogens (tertiary/aromatic N) is 3. The van der Waals surface area contributed by atoms with Gasteiger partial charge in [-0.05, 0) is 60.7 Å². The van der Waals surface area contributed by atoms with Gasteiger partial charge < -0.3 is 21.7 Å². The molecule has 44 heavy (non-hydrogen) atoms. The van der Waals surface area contributed by atoms with Crippen LogP contribution in [0, 0.1) is 11.6 Å². The van der Waals surface area contributed by atoms with Crippen molar-refractivity contribution in [1.29, 1.82) is 0 Å². The lowest BCUT2D eigenvalue weighted by Gasteiger charge is -2.27. The molecule has 1 unspecified atom stereocenters. The molecule has 0 bridgehead atoms. The number of aromatic nitrogens is 1. The van der Waals surface area contributed by atoms with Crippen molar-refractivity contribution in [3.05, 3.63) is 114 Å². The zero-order valence-corrected chi connectivity index (χ0v) is 25.3. The number of amides is 1. The predicted molar refractivity (Wildman–Crippen MR) is 174 cm³/mol. The second kappa shape index (κ2) is 13.9. The molecular formula is C34H37F2N7O. The lowest BCUT2D eigenvalue weighted by Crippen LogP contribution is -2.49. The molecule has 1 aliphatic heterocycles. The highest BCUT2D eigenvalue weighted by atomic mass is 19.2. The monoisotopic (exact) mass is 597 g/mol. The van der Waals surface area contributed by atoms with Crippen molar-refractivity contribution >= 4 is 29.0 Å². The number of hydrogen-bond donors (Lipinski definition) is 4. The minimum Gasteiger partial charge on any atom is -0.399 e. The molecule has 8 nitrogen and oxygen atoms in total. The van der Waals surface area contributed by atoms with E-state index in [9.17, 15) is 13.6 Å². The number of hydrogen-bond acceptors (Lipinski definition) is 6. The molecule has 10 heteroatoms. The highest BCUT2D eigenvalue weighted by Gasteiger charge is 2.29. The standard InChI is InChI=1S/C34H37F2N7O/c1-7-19(3)30-21(5)41-33(31(43-30)34(44)42-29(8-2)24-13-14-27(35)28(36)16-24)39-17-22-9-11-23(12-10-22)25-15-26(20(4)37)32(38-6)40-18-25/h8-16,18,21,29H,2,4,7,17,37H2,1,3,5-6H3,(H,38,40)(H,39,41)(H,42,44)/b30-19-/t21?,29-/m0/s1. The van der Waals surface area contributed by atoms with Crippen LogP contribution in [0.25, 0.3) is 16.8 Å². The first-order chi connectivity index (χ1) is 21.1.